The monoisotopic (exact) mass is 292 g/mol. The molecule has 0 bridgehead atoms. The summed E-state index contributed by atoms with van der Waals surface area (Å²) >= 11 is 1.45. The van der Waals surface area contributed by atoms with Crippen molar-refractivity contribution in [3.63, 3.8) is 0 Å². The Labute approximate surface area is 118 Å². The number of nitro benzene ring substituents is 1. The Hall–Kier alpha value is -2.48. The van der Waals surface area contributed by atoms with Crippen LogP contribution < -0.4 is 11.1 Å². The zero-order chi connectivity index (χ0) is 14.7. The lowest BCUT2D eigenvalue weighted by Crippen LogP contribution is -2.23. The summed E-state index contributed by atoms with van der Waals surface area (Å²) in [5.41, 5.74) is 5.09. The van der Waals surface area contributed by atoms with Crippen LogP contribution in [-0.2, 0) is 6.54 Å². The van der Waals surface area contributed by atoms with Crippen molar-refractivity contribution in [3.8, 4) is 0 Å². The number of anilines is 1. The lowest BCUT2D eigenvalue weighted by molar-refractivity contribution is -0.384. The number of thiazole rings is 1. The van der Waals surface area contributed by atoms with Gasteiger partial charge in [0, 0.05) is 11.1 Å². The molecule has 104 valence electrons. The number of benzene rings is 1. The molecule has 3 N–H and O–H groups in total. The molecule has 2 rings (SSSR count). The summed E-state index contributed by atoms with van der Waals surface area (Å²) in [4.78, 5) is 27.3. The number of aromatic nitrogens is 1. The molecule has 0 aliphatic rings. The van der Waals surface area contributed by atoms with Gasteiger partial charge in [0.15, 0.2) is 0 Å². The summed E-state index contributed by atoms with van der Waals surface area (Å²) in [6.45, 7) is 2.13. The number of nitrogens with zero attached hydrogens (tertiary/aromatic N) is 2. The Kier molecular flexibility index (Phi) is 3.94. The average molecular weight is 292 g/mol. The normalized spacial score (nSPS) is 10.2. The number of aryl methyl sites for hydroxylation is 1. The van der Waals surface area contributed by atoms with Crippen LogP contribution in [0.15, 0.2) is 24.4 Å². The fourth-order valence-corrected chi connectivity index (χ4v) is 2.43. The highest BCUT2D eigenvalue weighted by molar-refractivity contribution is 7.11. The van der Waals surface area contributed by atoms with E-state index in [0.29, 0.717) is 0 Å². The van der Waals surface area contributed by atoms with E-state index in [1.807, 2.05) is 6.92 Å². The van der Waals surface area contributed by atoms with Crippen molar-refractivity contribution in [1.82, 2.24) is 10.3 Å². The molecule has 1 amide bonds. The summed E-state index contributed by atoms with van der Waals surface area (Å²) in [5, 5.41) is 14.5. The SMILES string of the molecule is Cc1ncc(CNC(=O)c2cccc(N)c2[N+](=O)[O-])s1. The minimum Gasteiger partial charge on any atom is -0.393 e. The number of carbonyl (C=O) groups is 1. The van der Waals surface area contributed by atoms with E-state index in [9.17, 15) is 14.9 Å². The van der Waals surface area contributed by atoms with Gasteiger partial charge in [0.2, 0.25) is 0 Å². The number of nitro groups is 1. The smallest absolute Gasteiger partial charge is 0.304 e. The Morgan fingerprint density at radius 1 is 1.55 bits per heavy atom. The van der Waals surface area contributed by atoms with Gasteiger partial charge in [0.1, 0.15) is 11.3 Å². The maximum Gasteiger partial charge on any atom is 0.304 e. The van der Waals surface area contributed by atoms with Crippen LogP contribution in [0.3, 0.4) is 0 Å². The maximum atomic E-state index is 12.0. The first-order valence-corrected chi connectivity index (χ1v) is 6.53. The minimum atomic E-state index is -0.652. The molecule has 2 aromatic rings. The van der Waals surface area contributed by atoms with Gasteiger partial charge in [-0.2, -0.15) is 0 Å². The van der Waals surface area contributed by atoms with Crippen molar-refractivity contribution < 1.29 is 9.72 Å². The van der Waals surface area contributed by atoms with E-state index in [1.165, 1.54) is 29.5 Å². The molecule has 0 fully saturated rings. The van der Waals surface area contributed by atoms with E-state index in [0.717, 1.165) is 9.88 Å². The summed E-state index contributed by atoms with van der Waals surface area (Å²) in [6.07, 6.45) is 1.66. The van der Waals surface area contributed by atoms with Gasteiger partial charge in [-0.25, -0.2) is 4.98 Å². The molecule has 1 heterocycles. The molecule has 0 unspecified atom stereocenters. The van der Waals surface area contributed by atoms with Crippen LogP contribution in [0.1, 0.15) is 20.2 Å². The van der Waals surface area contributed by atoms with Crippen molar-refractivity contribution in [2.45, 2.75) is 13.5 Å². The fourth-order valence-electron chi connectivity index (χ4n) is 1.70. The largest absolute Gasteiger partial charge is 0.393 e. The van der Waals surface area contributed by atoms with Crippen LogP contribution in [0.4, 0.5) is 11.4 Å². The summed E-state index contributed by atoms with van der Waals surface area (Å²) in [6, 6.07) is 4.28. The highest BCUT2D eigenvalue weighted by atomic mass is 32.1. The van der Waals surface area contributed by atoms with Crippen LogP contribution in [0.25, 0.3) is 0 Å². The molecule has 1 aromatic carbocycles. The van der Waals surface area contributed by atoms with Crippen molar-refractivity contribution in [3.05, 3.63) is 50.0 Å². The fraction of sp³-hybridized carbons (Fsp3) is 0.167. The Morgan fingerprint density at radius 2 is 2.30 bits per heavy atom. The second-order valence-electron chi connectivity index (χ2n) is 4.03. The van der Waals surface area contributed by atoms with E-state index in [1.54, 1.807) is 6.20 Å². The minimum absolute atomic E-state index is 0.0312. The van der Waals surface area contributed by atoms with Crippen LogP contribution in [0.5, 0.6) is 0 Å². The Bertz CT molecular complexity index is 668. The highest BCUT2D eigenvalue weighted by Gasteiger charge is 2.22. The van der Waals surface area contributed by atoms with Crippen molar-refractivity contribution in [2.24, 2.45) is 0 Å². The number of amides is 1. The van der Waals surface area contributed by atoms with Crippen molar-refractivity contribution in [2.75, 3.05) is 5.73 Å². The van der Waals surface area contributed by atoms with Crippen LogP contribution in [0, 0.1) is 17.0 Å². The van der Waals surface area contributed by atoms with Gasteiger partial charge in [0.05, 0.1) is 16.5 Å². The predicted molar refractivity (Wildman–Crippen MR) is 75.5 cm³/mol. The molecule has 0 atom stereocenters. The molecule has 1 aromatic heterocycles. The molecule has 8 heteroatoms. The van der Waals surface area contributed by atoms with Gasteiger partial charge in [-0.1, -0.05) is 6.07 Å². The topological polar surface area (TPSA) is 111 Å². The van der Waals surface area contributed by atoms with Crippen LogP contribution in [-0.4, -0.2) is 15.8 Å². The number of nitrogens with two attached hydrogens (primary N) is 1. The Morgan fingerprint density at radius 3 is 2.90 bits per heavy atom. The molecule has 0 radical (unpaired) electrons. The summed E-state index contributed by atoms with van der Waals surface area (Å²) < 4.78 is 0. The predicted octanol–water partition coefficient (Wildman–Crippen LogP) is 1.87. The van der Waals surface area contributed by atoms with Crippen LogP contribution >= 0.6 is 11.3 Å². The zero-order valence-electron chi connectivity index (χ0n) is 10.6. The first-order chi connectivity index (χ1) is 9.49. The first-order valence-electron chi connectivity index (χ1n) is 5.71. The standard InChI is InChI=1S/C12H12N4O3S/c1-7-14-5-8(20-7)6-15-12(17)9-3-2-4-10(13)11(9)16(18)19/h2-5H,6,13H2,1H3,(H,15,17). The van der Waals surface area contributed by atoms with E-state index < -0.39 is 10.8 Å². The van der Waals surface area contributed by atoms with Gasteiger partial charge >= 0.3 is 5.69 Å². The molecular weight excluding hydrogens is 280 g/mol. The number of carbonyl (C=O) groups excluding carboxylic acids is 1. The third-order valence-electron chi connectivity index (χ3n) is 2.59. The van der Waals surface area contributed by atoms with E-state index in [4.69, 9.17) is 5.73 Å². The molecule has 0 spiro atoms. The van der Waals surface area contributed by atoms with Gasteiger partial charge in [0.25, 0.3) is 5.91 Å². The second-order valence-corrected chi connectivity index (χ2v) is 5.35. The van der Waals surface area contributed by atoms with E-state index in [2.05, 4.69) is 10.3 Å². The summed E-state index contributed by atoms with van der Waals surface area (Å²) in [5.74, 6) is -0.532. The third-order valence-corrected chi connectivity index (χ3v) is 3.50. The Balaban J connectivity index is 2.17. The molecule has 20 heavy (non-hydrogen) atoms. The van der Waals surface area contributed by atoms with Gasteiger partial charge in [-0.15, -0.1) is 11.3 Å². The van der Waals surface area contributed by atoms with Gasteiger partial charge in [-0.3, -0.25) is 14.9 Å². The maximum absolute atomic E-state index is 12.0. The first kappa shape index (κ1) is 13.9. The number of hydrogen-bond donors (Lipinski definition) is 2. The highest BCUT2D eigenvalue weighted by Crippen LogP contribution is 2.25. The molecule has 0 saturated heterocycles. The van der Waals surface area contributed by atoms with E-state index >= 15 is 0 Å². The summed E-state index contributed by atoms with van der Waals surface area (Å²) in [7, 11) is 0. The lowest BCUT2D eigenvalue weighted by Gasteiger charge is -2.05. The number of nitrogen functional groups attached to an aromatic ring is 1. The lowest BCUT2D eigenvalue weighted by atomic mass is 10.1. The molecule has 0 aliphatic heterocycles. The zero-order valence-corrected chi connectivity index (χ0v) is 11.4. The average Bonchev–Trinajstić information content (AvgIpc) is 2.81. The van der Waals surface area contributed by atoms with Gasteiger partial charge in [-0.05, 0) is 19.1 Å². The molecular formula is C12H12N4O3S. The molecule has 0 aliphatic carbocycles. The van der Waals surface area contributed by atoms with Crippen molar-refractivity contribution >= 4 is 28.6 Å². The molecule has 0 saturated carbocycles. The number of rotatable bonds is 4. The number of nitrogens with one attached hydrogen (secondary N) is 1. The van der Waals surface area contributed by atoms with E-state index in [-0.39, 0.29) is 23.5 Å². The second kappa shape index (κ2) is 5.66. The number of para-hydroxylation sites is 1. The van der Waals surface area contributed by atoms with Gasteiger partial charge < -0.3 is 11.1 Å². The third kappa shape index (κ3) is 2.91. The number of hydrogen-bond acceptors (Lipinski definition) is 6. The molecule has 7 nitrogen and oxygen atoms in total. The van der Waals surface area contributed by atoms with Crippen molar-refractivity contribution in [1.29, 1.82) is 0 Å². The quantitative estimate of drug-likeness (QED) is 0.507. The van der Waals surface area contributed by atoms with Crippen LogP contribution in [0.2, 0.25) is 0 Å².